The predicted octanol–water partition coefficient (Wildman–Crippen LogP) is 12.4. The second-order valence-electron chi connectivity index (χ2n) is 14.6. The van der Waals surface area contributed by atoms with E-state index in [-0.39, 0.29) is 38.6 Å². The monoisotopic (exact) mass is 772 g/mol. The molecule has 2 atom stereocenters. The Morgan fingerprint density at radius 3 is 1.42 bits per heavy atom. The molecule has 0 bridgehead atoms. The van der Waals surface area contributed by atoms with Crippen LogP contribution in [0.4, 0.5) is 0 Å². The van der Waals surface area contributed by atoms with E-state index in [2.05, 4.69) is 38.2 Å². The first-order valence-electron chi connectivity index (χ1n) is 21.8. The molecule has 53 heavy (non-hydrogen) atoms. The van der Waals surface area contributed by atoms with Gasteiger partial charge in [0, 0.05) is 19.4 Å². The summed E-state index contributed by atoms with van der Waals surface area (Å²) in [6.45, 7) is 3.71. The smallest absolute Gasteiger partial charge is 0.462 e. The van der Waals surface area contributed by atoms with Gasteiger partial charge in [0.15, 0.2) is 6.10 Å². The maximum atomic E-state index is 12.6. The minimum absolute atomic E-state index is 0.0500. The zero-order chi connectivity index (χ0) is 38.9. The first-order valence-corrected chi connectivity index (χ1v) is 23.3. The molecule has 0 aliphatic carbocycles. The molecule has 1 unspecified atom stereocenters. The number of allylic oxidation sites excluding steroid dienone is 4. The molecule has 0 aromatic heterocycles. The third kappa shape index (κ3) is 40.0. The zero-order valence-electron chi connectivity index (χ0n) is 34.3. The Kier molecular flexibility index (Phi) is 39.0. The number of rotatable bonds is 41. The van der Waals surface area contributed by atoms with Gasteiger partial charge in [0.1, 0.15) is 6.61 Å². The van der Waals surface area contributed by atoms with Gasteiger partial charge in [-0.2, -0.15) is 0 Å². The van der Waals surface area contributed by atoms with Crippen LogP contribution in [-0.2, 0) is 32.7 Å². The van der Waals surface area contributed by atoms with E-state index in [1.807, 2.05) is 0 Å². The Labute approximate surface area is 325 Å². The number of phosphoric acid groups is 1. The molecular formula is C43H82NO8P. The molecule has 10 heteroatoms. The first kappa shape index (κ1) is 51.5. The molecule has 0 aliphatic rings. The standard InChI is InChI=1S/C43H82NO8P/c1-3-5-7-9-11-13-15-17-19-20-22-24-26-28-30-32-34-36-43(46)52-41(40-51-53(47,48)50-38-37-44)39-49-42(45)35-33-31-29-27-25-23-21-18-16-14-12-10-8-6-4-2/h17,19,28,30,41H,3-16,18,20-27,29,31-40,44H2,1-2H3,(H,47,48)/b19-17-,30-28-/t41-/m1/s1. The minimum Gasteiger partial charge on any atom is -0.462 e. The van der Waals surface area contributed by atoms with Gasteiger partial charge in [0.2, 0.25) is 0 Å². The molecule has 0 saturated carbocycles. The van der Waals surface area contributed by atoms with Crippen LogP contribution in [0.25, 0.3) is 0 Å². The largest absolute Gasteiger partial charge is 0.472 e. The molecule has 3 N–H and O–H groups in total. The molecule has 312 valence electrons. The second-order valence-corrected chi connectivity index (χ2v) is 16.0. The zero-order valence-corrected chi connectivity index (χ0v) is 35.2. The minimum atomic E-state index is -4.38. The van der Waals surface area contributed by atoms with E-state index in [9.17, 15) is 19.0 Å². The lowest BCUT2D eigenvalue weighted by molar-refractivity contribution is -0.161. The Morgan fingerprint density at radius 2 is 0.943 bits per heavy atom. The van der Waals surface area contributed by atoms with Crippen LogP contribution in [0.3, 0.4) is 0 Å². The Morgan fingerprint density at radius 1 is 0.547 bits per heavy atom. The van der Waals surface area contributed by atoms with E-state index in [0.717, 1.165) is 44.9 Å². The summed E-state index contributed by atoms with van der Waals surface area (Å²) in [6.07, 6.45) is 42.1. The number of carbonyl (C=O) groups is 2. The van der Waals surface area contributed by atoms with Crippen LogP contribution in [0.5, 0.6) is 0 Å². The van der Waals surface area contributed by atoms with Gasteiger partial charge in [-0.3, -0.25) is 18.6 Å². The van der Waals surface area contributed by atoms with Crippen molar-refractivity contribution in [3.63, 3.8) is 0 Å². The molecule has 0 rings (SSSR count). The van der Waals surface area contributed by atoms with E-state index in [0.29, 0.717) is 6.42 Å². The Balaban J connectivity index is 4.18. The lowest BCUT2D eigenvalue weighted by atomic mass is 10.0. The van der Waals surface area contributed by atoms with Crippen molar-refractivity contribution in [2.75, 3.05) is 26.4 Å². The van der Waals surface area contributed by atoms with E-state index in [1.165, 1.54) is 128 Å². The molecule has 0 aromatic rings. The van der Waals surface area contributed by atoms with Gasteiger partial charge in [-0.1, -0.05) is 160 Å². The van der Waals surface area contributed by atoms with Gasteiger partial charge in [-0.05, 0) is 57.8 Å². The average molecular weight is 772 g/mol. The van der Waals surface area contributed by atoms with Crippen LogP contribution in [0, 0.1) is 0 Å². The predicted molar refractivity (Wildman–Crippen MR) is 220 cm³/mol. The third-order valence-corrected chi connectivity index (χ3v) is 10.3. The molecule has 0 fully saturated rings. The van der Waals surface area contributed by atoms with Crippen molar-refractivity contribution in [3.8, 4) is 0 Å². The first-order chi connectivity index (χ1) is 25.8. The van der Waals surface area contributed by atoms with Crippen LogP contribution in [-0.4, -0.2) is 49.3 Å². The van der Waals surface area contributed by atoms with E-state index in [4.69, 9.17) is 24.3 Å². The quantitative estimate of drug-likeness (QED) is 0.0269. The number of unbranched alkanes of at least 4 members (excludes halogenated alkanes) is 24. The molecule has 0 aliphatic heterocycles. The van der Waals surface area contributed by atoms with Crippen molar-refractivity contribution >= 4 is 19.8 Å². The highest BCUT2D eigenvalue weighted by Crippen LogP contribution is 2.43. The molecule has 0 spiro atoms. The summed E-state index contributed by atoms with van der Waals surface area (Å²) < 4.78 is 32.7. The van der Waals surface area contributed by atoms with Gasteiger partial charge < -0.3 is 20.1 Å². The van der Waals surface area contributed by atoms with E-state index < -0.39 is 26.5 Å². The third-order valence-electron chi connectivity index (χ3n) is 9.31. The van der Waals surface area contributed by atoms with Crippen molar-refractivity contribution < 1.29 is 37.6 Å². The summed E-state index contributed by atoms with van der Waals surface area (Å²) in [7, 11) is -4.38. The van der Waals surface area contributed by atoms with E-state index >= 15 is 0 Å². The van der Waals surface area contributed by atoms with Crippen molar-refractivity contribution in [2.45, 2.75) is 213 Å². The highest BCUT2D eigenvalue weighted by Gasteiger charge is 2.25. The van der Waals surface area contributed by atoms with Crippen LogP contribution >= 0.6 is 7.82 Å². The fourth-order valence-electron chi connectivity index (χ4n) is 6.04. The Bertz CT molecular complexity index is 928. The highest BCUT2D eigenvalue weighted by atomic mass is 31.2. The molecular weight excluding hydrogens is 689 g/mol. The van der Waals surface area contributed by atoms with Crippen molar-refractivity contribution in [1.82, 2.24) is 0 Å². The second kappa shape index (κ2) is 40.2. The number of hydrogen-bond donors (Lipinski definition) is 2. The van der Waals surface area contributed by atoms with Gasteiger partial charge in [-0.15, -0.1) is 0 Å². The maximum absolute atomic E-state index is 12.6. The van der Waals surface area contributed by atoms with Crippen LogP contribution in [0.1, 0.15) is 206 Å². The molecule has 0 saturated heterocycles. The number of hydrogen-bond acceptors (Lipinski definition) is 8. The normalized spacial score (nSPS) is 13.5. The molecule has 0 radical (unpaired) electrons. The number of phosphoric ester groups is 1. The number of carbonyl (C=O) groups excluding carboxylic acids is 2. The molecule has 0 aromatic carbocycles. The summed E-state index contributed by atoms with van der Waals surface area (Å²) >= 11 is 0. The number of esters is 2. The van der Waals surface area contributed by atoms with Crippen molar-refractivity contribution in [1.29, 1.82) is 0 Å². The van der Waals surface area contributed by atoms with Crippen LogP contribution in [0.15, 0.2) is 24.3 Å². The average Bonchev–Trinajstić information content (AvgIpc) is 3.14. The van der Waals surface area contributed by atoms with E-state index in [1.54, 1.807) is 0 Å². The topological polar surface area (TPSA) is 134 Å². The number of nitrogens with two attached hydrogens (primary N) is 1. The van der Waals surface area contributed by atoms with Crippen molar-refractivity contribution in [2.24, 2.45) is 5.73 Å². The SMILES string of the molecule is CCCCCCCC/C=C\CCCC/C=C\CCCC(=O)O[C@H](COC(=O)CCCCCCCCCCCCCCCCC)COP(=O)(O)OCCN. The fourth-order valence-corrected chi connectivity index (χ4v) is 6.81. The molecule has 0 amide bonds. The summed E-state index contributed by atoms with van der Waals surface area (Å²) in [5.41, 5.74) is 5.34. The van der Waals surface area contributed by atoms with Gasteiger partial charge in [0.25, 0.3) is 0 Å². The number of ether oxygens (including phenoxy) is 2. The van der Waals surface area contributed by atoms with Crippen LogP contribution < -0.4 is 5.73 Å². The Hall–Kier alpha value is -1.51. The molecule has 0 heterocycles. The maximum Gasteiger partial charge on any atom is 0.472 e. The lowest BCUT2D eigenvalue weighted by Crippen LogP contribution is -2.29. The summed E-state index contributed by atoms with van der Waals surface area (Å²) in [6, 6.07) is 0. The molecule has 9 nitrogen and oxygen atoms in total. The summed E-state index contributed by atoms with van der Waals surface area (Å²) in [5.74, 6) is -0.865. The summed E-state index contributed by atoms with van der Waals surface area (Å²) in [4.78, 5) is 34.8. The highest BCUT2D eigenvalue weighted by molar-refractivity contribution is 7.47. The van der Waals surface area contributed by atoms with Gasteiger partial charge in [-0.25, -0.2) is 4.57 Å². The van der Waals surface area contributed by atoms with Crippen LogP contribution in [0.2, 0.25) is 0 Å². The summed E-state index contributed by atoms with van der Waals surface area (Å²) in [5, 5.41) is 0. The fraction of sp³-hybridized carbons (Fsp3) is 0.860. The van der Waals surface area contributed by atoms with Gasteiger partial charge in [0.05, 0.1) is 13.2 Å². The van der Waals surface area contributed by atoms with Gasteiger partial charge >= 0.3 is 19.8 Å². The lowest BCUT2D eigenvalue weighted by Gasteiger charge is -2.19. The van der Waals surface area contributed by atoms with Crippen molar-refractivity contribution in [3.05, 3.63) is 24.3 Å².